The molecule has 0 aliphatic carbocycles. The Morgan fingerprint density at radius 3 is 1.73 bits per heavy atom. The minimum Gasteiger partial charge on any atom is -0.309 e. The Hall–Kier alpha value is -6.56. The first-order valence-electron chi connectivity index (χ1n) is 17.2. The molecule has 4 aromatic heterocycles. The van der Waals surface area contributed by atoms with Gasteiger partial charge in [0, 0.05) is 37.2 Å². The van der Waals surface area contributed by atoms with E-state index < -0.39 is 0 Å². The molecule has 4 nitrogen and oxygen atoms in total. The highest BCUT2D eigenvalue weighted by Crippen LogP contribution is 2.42. The molecule has 0 unspecified atom stereocenters. The number of rotatable bonds is 4. The van der Waals surface area contributed by atoms with Crippen LogP contribution in [-0.4, -0.2) is 19.1 Å². The van der Waals surface area contributed by atoms with Crippen molar-refractivity contribution in [3.63, 3.8) is 0 Å². The number of fused-ring (bicyclic) bond motifs is 9. The van der Waals surface area contributed by atoms with Gasteiger partial charge in [0.2, 0.25) is 0 Å². The third kappa shape index (κ3) is 4.19. The van der Waals surface area contributed by atoms with E-state index in [9.17, 15) is 0 Å². The zero-order chi connectivity index (χ0) is 33.5. The van der Waals surface area contributed by atoms with E-state index >= 15 is 0 Å². The molecule has 0 amide bonds. The van der Waals surface area contributed by atoms with Crippen LogP contribution < -0.4 is 0 Å². The van der Waals surface area contributed by atoms with E-state index in [0.29, 0.717) is 5.82 Å². The monoisotopic (exact) mass is 668 g/mol. The van der Waals surface area contributed by atoms with Gasteiger partial charge in [0.1, 0.15) is 0 Å². The van der Waals surface area contributed by atoms with Crippen molar-refractivity contribution in [3.05, 3.63) is 170 Å². The summed E-state index contributed by atoms with van der Waals surface area (Å²) in [5.74, 6) is 1.60. The van der Waals surface area contributed by atoms with Gasteiger partial charge in [0.05, 0.1) is 38.0 Å². The fraction of sp³-hybridized carbons (Fsp3) is 0. The number of hydrogen-bond acceptors (Lipinski definition) is 3. The number of aromatic nitrogens is 4. The maximum absolute atomic E-state index is 5.54. The largest absolute Gasteiger partial charge is 0.309 e. The topological polar surface area (TPSA) is 35.6 Å². The number of hydrogen-bond donors (Lipinski definition) is 0. The Bertz CT molecular complexity index is 3090. The summed E-state index contributed by atoms with van der Waals surface area (Å²) in [6.45, 7) is 0. The van der Waals surface area contributed by atoms with Gasteiger partial charge in [0.15, 0.2) is 11.6 Å². The van der Waals surface area contributed by atoms with Crippen molar-refractivity contribution in [1.82, 2.24) is 19.1 Å². The number of para-hydroxylation sites is 4. The van der Waals surface area contributed by atoms with Crippen LogP contribution in [0.2, 0.25) is 0 Å². The average molecular weight is 669 g/mol. The zero-order valence-corrected chi connectivity index (χ0v) is 28.2. The maximum atomic E-state index is 5.54. The van der Waals surface area contributed by atoms with E-state index in [4.69, 9.17) is 9.97 Å². The van der Waals surface area contributed by atoms with Crippen molar-refractivity contribution < 1.29 is 0 Å². The molecule has 0 atom stereocenters. The van der Waals surface area contributed by atoms with Crippen LogP contribution in [-0.2, 0) is 0 Å². The van der Waals surface area contributed by atoms with Crippen molar-refractivity contribution in [1.29, 1.82) is 0 Å². The van der Waals surface area contributed by atoms with Crippen molar-refractivity contribution in [2.24, 2.45) is 0 Å². The molecule has 0 spiro atoms. The van der Waals surface area contributed by atoms with E-state index in [1.807, 2.05) is 0 Å². The fourth-order valence-electron chi connectivity index (χ4n) is 7.90. The standard InChI is InChI=1S/C46H28N4S/c1-2-14-29(15-3-1)30-26-27-41-36(28-30)33-18-6-9-21-37(33)49(41)40-24-12-7-19-34(40)45-47-43-35-20-8-13-25-42(35)51-44(43)46(48-45)50-38-22-10-4-16-31(38)32-17-5-11-23-39(32)50/h1-28H. The van der Waals surface area contributed by atoms with Crippen LogP contribution in [0.25, 0.3) is 97.9 Å². The van der Waals surface area contributed by atoms with Gasteiger partial charge in [-0.25, -0.2) is 9.97 Å². The molecule has 51 heavy (non-hydrogen) atoms. The lowest BCUT2D eigenvalue weighted by Gasteiger charge is -2.15. The predicted octanol–water partition coefficient (Wildman–Crippen LogP) is 12.4. The lowest BCUT2D eigenvalue weighted by Crippen LogP contribution is -2.04. The average Bonchev–Trinajstić information content (AvgIpc) is 3.85. The fourth-order valence-corrected chi connectivity index (χ4v) is 9.02. The minimum absolute atomic E-state index is 0.699. The third-order valence-corrected chi connectivity index (χ3v) is 11.3. The van der Waals surface area contributed by atoms with Gasteiger partial charge in [-0.3, -0.25) is 4.57 Å². The van der Waals surface area contributed by atoms with Gasteiger partial charge in [-0.2, -0.15) is 0 Å². The van der Waals surface area contributed by atoms with Crippen molar-refractivity contribution in [3.8, 4) is 34.0 Å². The molecule has 0 saturated heterocycles. The molecule has 0 fully saturated rings. The first-order valence-corrected chi connectivity index (χ1v) is 18.0. The molecule has 0 saturated carbocycles. The van der Waals surface area contributed by atoms with E-state index in [1.54, 1.807) is 11.3 Å². The van der Waals surface area contributed by atoms with Gasteiger partial charge in [-0.1, -0.05) is 121 Å². The Kier molecular flexibility index (Phi) is 6.09. The van der Waals surface area contributed by atoms with E-state index in [2.05, 4.69) is 179 Å². The first kappa shape index (κ1) is 28.3. The van der Waals surface area contributed by atoms with Crippen LogP contribution >= 0.6 is 11.3 Å². The normalized spacial score (nSPS) is 11.9. The summed E-state index contributed by atoms with van der Waals surface area (Å²) in [5.41, 5.74) is 9.96. The molecule has 0 aliphatic rings. The minimum atomic E-state index is 0.699. The van der Waals surface area contributed by atoms with Crippen LogP contribution in [0.5, 0.6) is 0 Å². The summed E-state index contributed by atoms with van der Waals surface area (Å²) in [6.07, 6.45) is 0. The number of benzene rings is 7. The van der Waals surface area contributed by atoms with Crippen LogP contribution in [0, 0.1) is 0 Å². The van der Waals surface area contributed by atoms with Gasteiger partial charge < -0.3 is 4.57 Å². The molecule has 0 aliphatic heterocycles. The molecule has 7 aromatic carbocycles. The molecule has 4 heterocycles. The van der Waals surface area contributed by atoms with Gasteiger partial charge >= 0.3 is 0 Å². The Labute approximate surface area is 297 Å². The molecular weight excluding hydrogens is 641 g/mol. The second-order valence-corrected chi connectivity index (χ2v) is 14.0. The predicted molar refractivity (Wildman–Crippen MR) is 214 cm³/mol. The van der Waals surface area contributed by atoms with Crippen molar-refractivity contribution in [2.45, 2.75) is 0 Å². The molecule has 11 rings (SSSR count). The zero-order valence-electron chi connectivity index (χ0n) is 27.4. The SMILES string of the molecule is c1ccc(-c2ccc3c(c2)c2ccccc2n3-c2ccccc2-c2nc(-n3c4ccccc4c4ccccc43)c3sc4ccccc4c3n2)cc1. The quantitative estimate of drug-likeness (QED) is 0.187. The van der Waals surface area contributed by atoms with Crippen LogP contribution in [0.1, 0.15) is 0 Å². The first-order chi connectivity index (χ1) is 25.3. The third-order valence-electron chi connectivity index (χ3n) is 10.2. The summed E-state index contributed by atoms with van der Waals surface area (Å²) < 4.78 is 7.00. The van der Waals surface area contributed by atoms with E-state index in [1.165, 1.54) is 37.4 Å². The molecule has 5 heteroatoms. The van der Waals surface area contributed by atoms with Crippen LogP contribution in [0.3, 0.4) is 0 Å². The molecule has 0 N–H and O–H groups in total. The van der Waals surface area contributed by atoms with E-state index in [0.717, 1.165) is 54.7 Å². The van der Waals surface area contributed by atoms with Gasteiger partial charge in [0.25, 0.3) is 0 Å². The van der Waals surface area contributed by atoms with Crippen molar-refractivity contribution >= 4 is 75.3 Å². The van der Waals surface area contributed by atoms with Crippen LogP contribution in [0.4, 0.5) is 0 Å². The lowest BCUT2D eigenvalue weighted by molar-refractivity contribution is 1.07. The van der Waals surface area contributed by atoms with E-state index in [-0.39, 0.29) is 0 Å². The summed E-state index contributed by atoms with van der Waals surface area (Å²) >= 11 is 1.76. The summed E-state index contributed by atoms with van der Waals surface area (Å²) in [7, 11) is 0. The van der Waals surface area contributed by atoms with Crippen LogP contribution in [0.15, 0.2) is 170 Å². The van der Waals surface area contributed by atoms with Gasteiger partial charge in [-0.05, 0) is 59.7 Å². The summed E-state index contributed by atoms with van der Waals surface area (Å²) in [5, 5.41) is 6.00. The Morgan fingerprint density at radius 1 is 0.412 bits per heavy atom. The van der Waals surface area contributed by atoms with Crippen molar-refractivity contribution in [2.75, 3.05) is 0 Å². The molecule has 0 bridgehead atoms. The molecule has 11 aromatic rings. The molecule has 238 valence electrons. The Morgan fingerprint density at radius 2 is 0.980 bits per heavy atom. The highest BCUT2D eigenvalue weighted by atomic mass is 32.1. The van der Waals surface area contributed by atoms with Gasteiger partial charge in [-0.15, -0.1) is 11.3 Å². The number of thiophene rings is 1. The Balaban J connectivity index is 1.22. The highest BCUT2D eigenvalue weighted by Gasteiger charge is 2.23. The summed E-state index contributed by atoms with van der Waals surface area (Å²) in [6, 6.07) is 60.6. The summed E-state index contributed by atoms with van der Waals surface area (Å²) in [4.78, 5) is 11.0. The number of nitrogens with zero attached hydrogens (tertiary/aromatic N) is 4. The lowest BCUT2D eigenvalue weighted by atomic mass is 10.0. The second-order valence-electron chi connectivity index (χ2n) is 13.0. The molecule has 0 radical (unpaired) electrons. The highest BCUT2D eigenvalue weighted by molar-refractivity contribution is 7.26. The second kappa shape index (κ2) is 11.0. The maximum Gasteiger partial charge on any atom is 0.164 e. The smallest absolute Gasteiger partial charge is 0.164 e. The molecular formula is C46H28N4S.